The Morgan fingerprint density at radius 1 is 1.47 bits per heavy atom. The second-order valence-corrected chi connectivity index (χ2v) is 7.05. The molecule has 1 heterocycles. The molecule has 1 aliphatic heterocycles. The monoisotopic (exact) mass is 293 g/mol. The van der Waals surface area contributed by atoms with Gasteiger partial charge in [0.25, 0.3) is 0 Å². The topological polar surface area (TPSA) is 83.9 Å². The highest BCUT2D eigenvalue weighted by molar-refractivity contribution is 7.89. The van der Waals surface area contributed by atoms with Gasteiger partial charge in [0.1, 0.15) is 0 Å². The smallest absolute Gasteiger partial charge is 0.303 e. The van der Waals surface area contributed by atoms with E-state index in [0.29, 0.717) is 32.5 Å². The van der Waals surface area contributed by atoms with Crippen molar-refractivity contribution in [3.63, 3.8) is 0 Å². The zero-order valence-electron chi connectivity index (χ0n) is 11.4. The number of sulfonamides is 1. The zero-order valence-corrected chi connectivity index (χ0v) is 12.2. The van der Waals surface area contributed by atoms with Crippen molar-refractivity contribution >= 4 is 16.0 Å². The van der Waals surface area contributed by atoms with Gasteiger partial charge in [0.05, 0.1) is 5.75 Å². The van der Waals surface area contributed by atoms with Crippen LogP contribution >= 0.6 is 0 Å². The van der Waals surface area contributed by atoms with Crippen molar-refractivity contribution < 1.29 is 23.1 Å². The molecule has 1 atom stereocenters. The van der Waals surface area contributed by atoms with Crippen LogP contribution in [0.15, 0.2) is 0 Å². The zero-order chi connectivity index (χ0) is 14.3. The molecule has 6 nitrogen and oxygen atoms in total. The molecule has 0 aromatic carbocycles. The number of carboxylic acid groups (broad SMARTS) is 1. The van der Waals surface area contributed by atoms with Crippen molar-refractivity contribution in [2.75, 3.05) is 32.6 Å². The number of aliphatic carboxylic acids is 1. The van der Waals surface area contributed by atoms with Gasteiger partial charge in [-0.2, -0.15) is 0 Å². The lowest BCUT2D eigenvalue weighted by Gasteiger charge is -2.31. The third-order valence-electron chi connectivity index (χ3n) is 3.39. The van der Waals surface area contributed by atoms with E-state index in [0.717, 1.165) is 12.8 Å². The van der Waals surface area contributed by atoms with Crippen LogP contribution < -0.4 is 0 Å². The summed E-state index contributed by atoms with van der Waals surface area (Å²) in [7, 11) is -1.67. The molecule has 0 spiro atoms. The van der Waals surface area contributed by atoms with Crippen molar-refractivity contribution in [3.05, 3.63) is 0 Å². The number of ether oxygens (including phenoxy) is 1. The Morgan fingerprint density at radius 2 is 2.21 bits per heavy atom. The first kappa shape index (κ1) is 16.4. The molecule has 1 aliphatic rings. The number of carbonyl (C=O) groups is 1. The summed E-state index contributed by atoms with van der Waals surface area (Å²) in [5.74, 6) is -0.547. The summed E-state index contributed by atoms with van der Waals surface area (Å²) < 4.78 is 30.6. The van der Waals surface area contributed by atoms with Crippen molar-refractivity contribution in [2.45, 2.75) is 32.1 Å². The quantitative estimate of drug-likeness (QED) is 0.673. The average molecular weight is 293 g/mol. The predicted molar refractivity (Wildman–Crippen MR) is 71.4 cm³/mol. The third-order valence-corrected chi connectivity index (χ3v) is 5.32. The Hall–Kier alpha value is -0.660. The van der Waals surface area contributed by atoms with Gasteiger partial charge in [-0.05, 0) is 31.6 Å². The lowest BCUT2D eigenvalue weighted by atomic mass is 9.95. The van der Waals surface area contributed by atoms with E-state index in [-0.39, 0.29) is 18.1 Å². The van der Waals surface area contributed by atoms with Crippen molar-refractivity contribution in [3.8, 4) is 0 Å². The fourth-order valence-electron chi connectivity index (χ4n) is 2.36. The van der Waals surface area contributed by atoms with Gasteiger partial charge in [-0.15, -0.1) is 0 Å². The molecule has 112 valence electrons. The Morgan fingerprint density at radius 3 is 2.84 bits per heavy atom. The van der Waals surface area contributed by atoms with Gasteiger partial charge in [-0.25, -0.2) is 12.7 Å². The number of carboxylic acids is 1. The van der Waals surface area contributed by atoms with Crippen LogP contribution in [0.2, 0.25) is 0 Å². The minimum absolute atomic E-state index is 0.104. The van der Waals surface area contributed by atoms with Crippen LogP contribution in [0.5, 0.6) is 0 Å². The summed E-state index contributed by atoms with van der Waals surface area (Å²) in [6.45, 7) is 1.46. The summed E-state index contributed by atoms with van der Waals surface area (Å²) >= 11 is 0. The molecule has 0 saturated carbocycles. The number of piperidine rings is 1. The Labute approximate surface area is 114 Å². The molecule has 0 aliphatic carbocycles. The van der Waals surface area contributed by atoms with Crippen LogP contribution in [0.4, 0.5) is 0 Å². The van der Waals surface area contributed by atoms with Gasteiger partial charge in [-0.3, -0.25) is 4.79 Å². The van der Waals surface area contributed by atoms with Crippen LogP contribution in [0.3, 0.4) is 0 Å². The molecular formula is C12H23NO5S. The number of hydrogen-bond acceptors (Lipinski definition) is 4. The minimum Gasteiger partial charge on any atom is -0.481 e. The largest absolute Gasteiger partial charge is 0.481 e. The number of methoxy groups -OCH3 is 1. The van der Waals surface area contributed by atoms with Crippen LogP contribution in [-0.4, -0.2) is 56.4 Å². The number of rotatable bonds is 8. The molecule has 0 aromatic heterocycles. The summed E-state index contributed by atoms with van der Waals surface area (Å²) in [4.78, 5) is 10.5. The predicted octanol–water partition coefficient (Wildman–Crippen LogP) is 0.929. The van der Waals surface area contributed by atoms with Gasteiger partial charge < -0.3 is 9.84 Å². The highest BCUT2D eigenvalue weighted by atomic mass is 32.2. The number of hydrogen-bond donors (Lipinski definition) is 1. The molecule has 1 unspecified atom stereocenters. The molecular weight excluding hydrogens is 270 g/mol. The van der Waals surface area contributed by atoms with E-state index in [2.05, 4.69) is 0 Å². The first-order chi connectivity index (χ1) is 8.95. The van der Waals surface area contributed by atoms with E-state index in [1.54, 1.807) is 7.11 Å². The van der Waals surface area contributed by atoms with E-state index in [1.165, 1.54) is 4.31 Å². The fourth-order valence-corrected chi connectivity index (χ4v) is 3.94. The lowest BCUT2D eigenvalue weighted by Crippen LogP contribution is -2.41. The highest BCUT2D eigenvalue weighted by Gasteiger charge is 2.28. The number of nitrogens with zero attached hydrogens (tertiary/aromatic N) is 1. The van der Waals surface area contributed by atoms with Gasteiger partial charge in [0.2, 0.25) is 10.0 Å². The molecule has 1 saturated heterocycles. The Balaban J connectivity index is 2.46. The SMILES string of the molecule is COCCCS(=O)(=O)N1CCCC(CCC(=O)O)C1. The second kappa shape index (κ2) is 7.81. The van der Waals surface area contributed by atoms with E-state index in [9.17, 15) is 13.2 Å². The molecule has 0 aromatic rings. The van der Waals surface area contributed by atoms with Crippen molar-refractivity contribution in [1.82, 2.24) is 4.31 Å². The maximum absolute atomic E-state index is 12.1. The van der Waals surface area contributed by atoms with Gasteiger partial charge in [0, 0.05) is 33.2 Å². The van der Waals surface area contributed by atoms with Crippen LogP contribution in [0, 0.1) is 5.92 Å². The van der Waals surface area contributed by atoms with Crippen molar-refractivity contribution in [1.29, 1.82) is 0 Å². The van der Waals surface area contributed by atoms with E-state index < -0.39 is 16.0 Å². The molecule has 19 heavy (non-hydrogen) atoms. The van der Waals surface area contributed by atoms with E-state index in [1.807, 2.05) is 0 Å². The average Bonchev–Trinajstić information content (AvgIpc) is 2.37. The molecule has 7 heteroatoms. The van der Waals surface area contributed by atoms with E-state index in [4.69, 9.17) is 9.84 Å². The van der Waals surface area contributed by atoms with Crippen LogP contribution in [0.25, 0.3) is 0 Å². The highest BCUT2D eigenvalue weighted by Crippen LogP contribution is 2.23. The molecule has 0 amide bonds. The molecule has 1 rings (SSSR count). The molecule has 1 fully saturated rings. The summed E-state index contributed by atoms with van der Waals surface area (Å²) in [5.41, 5.74) is 0. The maximum atomic E-state index is 12.1. The van der Waals surface area contributed by atoms with Gasteiger partial charge in [-0.1, -0.05) is 0 Å². The van der Waals surface area contributed by atoms with E-state index >= 15 is 0 Å². The molecule has 0 radical (unpaired) electrons. The molecule has 0 bridgehead atoms. The van der Waals surface area contributed by atoms with Gasteiger partial charge >= 0.3 is 5.97 Å². The fraction of sp³-hybridized carbons (Fsp3) is 0.917. The standard InChI is InChI=1S/C12H23NO5S/c1-18-8-3-9-19(16,17)13-7-2-4-11(10-13)5-6-12(14)15/h11H,2-10H2,1H3,(H,14,15). The second-order valence-electron chi connectivity index (χ2n) is 4.96. The normalized spacial score (nSPS) is 21.4. The maximum Gasteiger partial charge on any atom is 0.303 e. The minimum atomic E-state index is -3.22. The summed E-state index contributed by atoms with van der Waals surface area (Å²) in [6, 6.07) is 0. The third kappa shape index (κ3) is 5.88. The molecule has 1 N–H and O–H groups in total. The lowest BCUT2D eigenvalue weighted by molar-refractivity contribution is -0.137. The first-order valence-corrected chi connectivity index (χ1v) is 8.25. The Kier molecular flexibility index (Phi) is 6.74. The van der Waals surface area contributed by atoms with Crippen LogP contribution in [-0.2, 0) is 19.6 Å². The van der Waals surface area contributed by atoms with Crippen LogP contribution in [0.1, 0.15) is 32.1 Å². The van der Waals surface area contributed by atoms with Crippen molar-refractivity contribution in [2.24, 2.45) is 5.92 Å². The Bertz CT molecular complexity index is 382. The van der Waals surface area contributed by atoms with Gasteiger partial charge in [0.15, 0.2) is 0 Å². The summed E-state index contributed by atoms with van der Waals surface area (Å²) in [6.07, 6.45) is 2.89. The first-order valence-electron chi connectivity index (χ1n) is 6.64. The summed E-state index contributed by atoms with van der Waals surface area (Å²) in [5, 5.41) is 8.67.